The summed E-state index contributed by atoms with van der Waals surface area (Å²) in [4.78, 5) is 9.26. The number of methoxy groups -OCH3 is 1. The predicted octanol–water partition coefficient (Wildman–Crippen LogP) is 2.80. The molecule has 0 fully saturated rings. The van der Waals surface area contributed by atoms with Gasteiger partial charge in [0.2, 0.25) is 0 Å². The summed E-state index contributed by atoms with van der Waals surface area (Å²) >= 11 is 0. The highest BCUT2D eigenvalue weighted by Crippen LogP contribution is 2.31. The zero-order valence-electron chi connectivity index (χ0n) is 12.8. The lowest BCUT2D eigenvalue weighted by Crippen LogP contribution is -2.04. The lowest BCUT2D eigenvalue weighted by molar-refractivity contribution is 0.280. The van der Waals surface area contributed by atoms with Gasteiger partial charge in [-0.05, 0) is 37.1 Å². The summed E-state index contributed by atoms with van der Waals surface area (Å²) in [5.74, 6) is 1.60. The van der Waals surface area contributed by atoms with Crippen LogP contribution >= 0.6 is 0 Å². The number of rotatable bonds is 5. The third-order valence-electron chi connectivity index (χ3n) is 3.61. The van der Waals surface area contributed by atoms with Gasteiger partial charge in [0.05, 0.1) is 12.7 Å². The molecule has 0 saturated heterocycles. The summed E-state index contributed by atoms with van der Waals surface area (Å²) in [5.41, 5.74) is 3.70. The number of aliphatic hydroxyl groups is 1. The lowest BCUT2D eigenvalue weighted by Gasteiger charge is -2.10. The molecule has 3 aromatic rings. The van der Waals surface area contributed by atoms with Crippen LogP contribution in [0.3, 0.4) is 0 Å². The van der Waals surface area contributed by atoms with Gasteiger partial charge in [0.25, 0.3) is 0 Å². The lowest BCUT2D eigenvalue weighted by atomic mass is 10.2. The van der Waals surface area contributed by atoms with Crippen molar-refractivity contribution in [2.75, 3.05) is 13.7 Å². The molecule has 22 heavy (non-hydrogen) atoms. The number of hydrogen-bond acceptors (Lipinski definition) is 4. The normalized spacial score (nSPS) is 11.0. The average Bonchev–Trinajstić information content (AvgIpc) is 2.90. The molecule has 0 aliphatic carbocycles. The third-order valence-corrected chi connectivity index (χ3v) is 3.61. The van der Waals surface area contributed by atoms with Crippen molar-refractivity contribution >= 4 is 11.2 Å². The molecule has 0 unspecified atom stereocenters. The number of ether oxygens (including phenoxy) is 1. The maximum atomic E-state index is 9.16. The number of imidazole rings is 1. The Morgan fingerprint density at radius 2 is 2.09 bits per heavy atom. The van der Waals surface area contributed by atoms with E-state index >= 15 is 0 Å². The van der Waals surface area contributed by atoms with Gasteiger partial charge in [-0.25, -0.2) is 9.97 Å². The first-order valence-corrected chi connectivity index (χ1v) is 7.31. The van der Waals surface area contributed by atoms with Crippen LogP contribution in [0.1, 0.15) is 12.0 Å². The Morgan fingerprint density at radius 3 is 2.86 bits per heavy atom. The van der Waals surface area contributed by atoms with Gasteiger partial charge in [0.1, 0.15) is 17.1 Å². The first kappa shape index (κ1) is 14.5. The molecule has 2 aromatic heterocycles. The van der Waals surface area contributed by atoms with Crippen LogP contribution in [0.5, 0.6) is 5.75 Å². The zero-order valence-corrected chi connectivity index (χ0v) is 12.8. The highest BCUT2D eigenvalue weighted by atomic mass is 16.5. The smallest absolute Gasteiger partial charge is 0.160 e. The molecular formula is C17H19N3O2. The van der Waals surface area contributed by atoms with Gasteiger partial charge in [-0.3, -0.25) is 0 Å². The second kappa shape index (κ2) is 6.15. The fourth-order valence-electron chi connectivity index (χ4n) is 2.59. The van der Waals surface area contributed by atoms with Gasteiger partial charge in [-0.1, -0.05) is 12.1 Å². The third kappa shape index (κ3) is 2.55. The standard InChI is InChI=1S/C17H19N3O2/c1-12-10-14-17(18-11-12)20(8-5-9-21)16(19-14)13-6-3-4-7-15(13)22-2/h3-4,6-7,10-11,21H,5,8-9H2,1-2H3. The Morgan fingerprint density at radius 1 is 1.27 bits per heavy atom. The van der Waals surface area contributed by atoms with E-state index in [1.165, 1.54) is 0 Å². The van der Waals surface area contributed by atoms with Crippen molar-refractivity contribution in [3.05, 3.63) is 42.1 Å². The van der Waals surface area contributed by atoms with Crippen molar-refractivity contribution in [1.82, 2.24) is 14.5 Å². The molecule has 0 spiro atoms. The Labute approximate surface area is 129 Å². The summed E-state index contributed by atoms with van der Waals surface area (Å²) < 4.78 is 7.50. The summed E-state index contributed by atoms with van der Waals surface area (Å²) in [5, 5.41) is 9.16. The number of aryl methyl sites for hydroxylation is 2. The van der Waals surface area contributed by atoms with Crippen LogP contribution in [0, 0.1) is 6.92 Å². The number of pyridine rings is 1. The molecule has 2 heterocycles. The molecule has 3 rings (SSSR count). The molecule has 0 bridgehead atoms. The first-order valence-electron chi connectivity index (χ1n) is 7.31. The molecular weight excluding hydrogens is 278 g/mol. The maximum Gasteiger partial charge on any atom is 0.160 e. The molecule has 1 aromatic carbocycles. The van der Waals surface area contributed by atoms with Crippen molar-refractivity contribution in [3.63, 3.8) is 0 Å². The van der Waals surface area contributed by atoms with Crippen LogP contribution in [0.4, 0.5) is 0 Å². The number of fused-ring (bicyclic) bond motifs is 1. The quantitative estimate of drug-likeness (QED) is 0.786. The van der Waals surface area contributed by atoms with Crippen molar-refractivity contribution < 1.29 is 9.84 Å². The van der Waals surface area contributed by atoms with Gasteiger partial charge in [-0.2, -0.15) is 0 Å². The van der Waals surface area contributed by atoms with Gasteiger partial charge < -0.3 is 14.4 Å². The van der Waals surface area contributed by atoms with Crippen molar-refractivity contribution in [3.8, 4) is 17.1 Å². The zero-order chi connectivity index (χ0) is 15.5. The van der Waals surface area contributed by atoms with Crippen molar-refractivity contribution in [1.29, 1.82) is 0 Å². The molecule has 114 valence electrons. The van der Waals surface area contributed by atoms with E-state index in [9.17, 15) is 0 Å². The number of aliphatic hydroxyl groups excluding tert-OH is 1. The van der Waals surface area contributed by atoms with Gasteiger partial charge in [-0.15, -0.1) is 0 Å². The number of aromatic nitrogens is 3. The van der Waals surface area contributed by atoms with Crippen molar-refractivity contribution in [2.45, 2.75) is 19.9 Å². The van der Waals surface area contributed by atoms with E-state index < -0.39 is 0 Å². The van der Waals surface area contributed by atoms with Crippen LogP contribution in [-0.2, 0) is 6.54 Å². The molecule has 5 nitrogen and oxygen atoms in total. The highest BCUT2D eigenvalue weighted by Gasteiger charge is 2.16. The molecule has 0 atom stereocenters. The minimum Gasteiger partial charge on any atom is -0.496 e. The van der Waals surface area contributed by atoms with E-state index in [-0.39, 0.29) is 6.61 Å². The van der Waals surface area contributed by atoms with Crippen LogP contribution in [-0.4, -0.2) is 33.4 Å². The van der Waals surface area contributed by atoms with E-state index in [0.29, 0.717) is 13.0 Å². The second-order valence-corrected chi connectivity index (χ2v) is 5.22. The molecule has 5 heteroatoms. The average molecular weight is 297 g/mol. The molecule has 0 saturated carbocycles. The molecule has 0 aliphatic heterocycles. The van der Waals surface area contributed by atoms with Crippen LogP contribution in [0.25, 0.3) is 22.6 Å². The van der Waals surface area contributed by atoms with Crippen LogP contribution in [0.15, 0.2) is 36.5 Å². The number of benzene rings is 1. The van der Waals surface area contributed by atoms with E-state index in [0.717, 1.165) is 33.9 Å². The van der Waals surface area contributed by atoms with Gasteiger partial charge in [0, 0.05) is 19.3 Å². The van der Waals surface area contributed by atoms with Crippen LogP contribution < -0.4 is 4.74 Å². The van der Waals surface area contributed by atoms with Crippen molar-refractivity contribution in [2.24, 2.45) is 0 Å². The Balaban J connectivity index is 2.22. The van der Waals surface area contributed by atoms with Crippen LogP contribution in [0.2, 0.25) is 0 Å². The predicted molar refractivity (Wildman–Crippen MR) is 86.0 cm³/mol. The van der Waals surface area contributed by atoms with E-state index in [1.54, 1.807) is 7.11 Å². The summed E-state index contributed by atoms with van der Waals surface area (Å²) in [6, 6.07) is 9.83. The molecule has 0 radical (unpaired) electrons. The second-order valence-electron chi connectivity index (χ2n) is 5.22. The highest BCUT2D eigenvalue weighted by molar-refractivity contribution is 5.79. The fraction of sp³-hybridized carbons (Fsp3) is 0.294. The Bertz CT molecular complexity index is 796. The number of hydrogen-bond donors (Lipinski definition) is 1. The van der Waals surface area contributed by atoms with E-state index in [4.69, 9.17) is 14.8 Å². The topological polar surface area (TPSA) is 60.2 Å². The largest absolute Gasteiger partial charge is 0.496 e. The van der Waals surface area contributed by atoms with Gasteiger partial charge in [0.15, 0.2) is 5.65 Å². The first-order chi connectivity index (χ1) is 10.7. The summed E-state index contributed by atoms with van der Waals surface area (Å²) in [7, 11) is 1.65. The van der Waals surface area contributed by atoms with E-state index in [2.05, 4.69) is 4.98 Å². The minimum atomic E-state index is 0.136. The summed E-state index contributed by atoms with van der Waals surface area (Å²) in [6.07, 6.45) is 2.49. The maximum absolute atomic E-state index is 9.16. The van der Waals surface area contributed by atoms with Gasteiger partial charge >= 0.3 is 0 Å². The monoisotopic (exact) mass is 297 g/mol. The fourth-order valence-corrected chi connectivity index (χ4v) is 2.59. The molecule has 0 amide bonds. The molecule has 1 N–H and O–H groups in total. The minimum absolute atomic E-state index is 0.136. The number of nitrogens with zero attached hydrogens (tertiary/aromatic N) is 3. The Hall–Kier alpha value is -2.40. The number of para-hydroxylation sites is 1. The Kier molecular flexibility index (Phi) is 4.06. The summed E-state index contributed by atoms with van der Waals surface area (Å²) in [6.45, 7) is 2.80. The SMILES string of the molecule is COc1ccccc1-c1nc2cc(C)cnc2n1CCCO. The molecule has 0 aliphatic rings. The van der Waals surface area contributed by atoms with E-state index in [1.807, 2.05) is 48.0 Å².